The van der Waals surface area contributed by atoms with E-state index in [2.05, 4.69) is 28.8 Å². The molecule has 6 heteroatoms. The molecular formula is C14H25N5O. The molecule has 0 aromatic carbocycles. The number of aromatic nitrogens is 3. The van der Waals surface area contributed by atoms with Crippen LogP contribution >= 0.6 is 0 Å². The van der Waals surface area contributed by atoms with Crippen molar-refractivity contribution in [1.29, 1.82) is 0 Å². The van der Waals surface area contributed by atoms with E-state index in [0.717, 1.165) is 39.1 Å². The molecule has 0 unspecified atom stereocenters. The standard InChI is InChI=1S/C14H25N5O/c1-13(2)10-17-5-3-6-18(9-8-17)14(20)4-7-19-12-15-11-16-19/h11-13H,3-10H2,1-2H3. The van der Waals surface area contributed by atoms with Gasteiger partial charge >= 0.3 is 0 Å². The van der Waals surface area contributed by atoms with Crippen LogP contribution in [0.5, 0.6) is 0 Å². The van der Waals surface area contributed by atoms with E-state index in [9.17, 15) is 4.79 Å². The Morgan fingerprint density at radius 2 is 2.10 bits per heavy atom. The maximum Gasteiger partial charge on any atom is 0.224 e. The summed E-state index contributed by atoms with van der Waals surface area (Å²) in [6.07, 6.45) is 4.73. The maximum absolute atomic E-state index is 12.2. The van der Waals surface area contributed by atoms with E-state index >= 15 is 0 Å². The number of carbonyl (C=O) groups excluding carboxylic acids is 1. The highest BCUT2D eigenvalue weighted by molar-refractivity contribution is 5.76. The first-order valence-electron chi connectivity index (χ1n) is 7.47. The zero-order chi connectivity index (χ0) is 14.4. The lowest BCUT2D eigenvalue weighted by Gasteiger charge is -2.23. The smallest absolute Gasteiger partial charge is 0.224 e. The molecule has 1 aromatic rings. The van der Waals surface area contributed by atoms with Crippen LogP contribution in [0.2, 0.25) is 0 Å². The van der Waals surface area contributed by atoms with Crippen LogP contribution < -0.4 is 0 Å². The van der Waals surface area contributed by atoms with Gasteiger partial charge in [0, 0.05) is 32.6 Å². The topological polar surface area (TPSA) is 54.3 Å². The Hall–Kier alpha value is -1.43. The van der Waals surface area contributed by atoms with Crippen LogP contribution in [-0.2, 0) is 11.3 Å². The van der Waals surface area contributed by atoms with E-state index in [0.29, 0.717) is 18.9 Å². The molecule has 1 aliphatic rings. The normalized spacial score (nSPS) is 17.4. The monoisotopic (exact) mass is 279 g/mol. The highest BCUT2D eigenvalue weighted by Gasteiger charge is 2.19. The molecular weight excluding hydrogens is 254 g/mol. The van der Waals surface area contributed by atoms with Crippen LogP contribution in [0.4, 0.5) is 0 Å². The quantitative estimate of drug-likeness (QED) is 0.802. The summed E-state index contributed by atoms with van der Waals surface area (Å²) in [5, 5.41) is 4.02. The Bertz CT molecular complexity index is 404. The molecule has 0 N–H and O–H groups in total. The van der Waals surface area contributed by atoms with Gasteiger partial charge < -0.3 is 9.80 Å². The lowest BCUT2D eigenvalue weighted by atomic mass is 10.2. The number of rotatable bonds is 5. The molecule has 0 saturated carbocycles. The fourth-order valence-electron chi connectivity index (χ4n) is 2.64. The van der Waals surface area contributed by atoms with Crippen molar-refractivity contribution in [2.24, 2.45) is 5.92 Å². The van der Waals surface area contributed by atoms with Gasteiger partial charge in [0.25, 0.3) is 0 Å². The summed E-state index contributed by atoms with van der Waals surface area (Å²) in [6.45, 7) is 10.1. The number of carbonyl (C=O) groups is 1. The van der Waals surface area contributed by atoms with Crippen molar-refractivity contribution in [3.63, 3.8) is 0 Å². The van der Waals surface area contributed by atoms with Gasteiger partial charge in [-0.05, 0) is 18.9 Å². The third kappa shape index (κ3) is 4.59. The van der Waals surface area contributed by atoms with E-state index in [4.69, 9.17) is 0 Å². The minimum atomic E-state index is 0.229. The molecule has 1 aromatic heterocycles. The van der Waals surface area contributed by atoms with Crippen LogP contribution in [0.25, 0.3) is 0 Å². The van der Waals surface area contributed by atoms with Gasteiger partial charge in [0.15, 0.2) is 0 Å². The molecule has 1 amide bonds. The van der Waals surface area contributed by atoms with Crippen molar-refractivity contribution in [1.82, 2.24) is 24.6 Å². The van der Waals surface area contributed by atoms with Crippen LogP contribution in [0.1, 0.15) is 26.7 Å². The predicted octanol–water partition coefficient (Wildman–Crippen LogP) is 0.858. The van der Waals surface area contributed by atoms with Gasteiger partial charge in [0.2, 0.25) is 5.91 Å². The molecule has 6 nitrogen and oxygen atoms in total. The molecule has 0 spiro atoms. The van der Waals surface area contributed by atoms with Crippen LogP contribution in [0, 0.1) is 5.92 Å². The average molecular weight is 279 g/mol. The van der Waals surface area contributed by atoms with Crippen molar-refractivity contribution in [3.05, 3.63) is 12.7 Å². The largest absolute Gasteiger partial charge is 0.341 e. The fourth-order valence-corrected chi connectivity index (χ4v) is 2.64. The van der Waals surface area contributed by atoms with Gasteiger partial charge in [-0.25, -0.2) is 4.98 Å². The third-order valence-corrected chi connectivity index (χ3v) is 3.59. The fraction of sp³-hybridized carbons (Fsp3) is 0.786. The summed E-state index contributed by atoms with van der Waals surface area (Å²) in [5.74, 6) is 0.913. The summed E-state index contributed by atoms with van der Waals surface area (Å²) in [6, 6.07) is 0. The predicted molar refractivity (Wildman–Crippen MR) is 77.1 cm³/mol. The van der Waals surface area contributed by atoms with E-state index in [-0.39, 0.29) is 5.91 Å². The first-order valence-corrected chi connectivity index (χ1v) is 7.47. The Morgan fingerprint density at radius 1 is 1.25 bits per heavy atom. The number of nitrogens with zero attached hydrogens (tertiary/aromatic N) is 5. The molecule has 2 heterocycles. The van der Waals surface area contributed by atoms with Gasteiger partial charge in [-0.1, -0.05) is 13.8 Å². The van der Waals surface area contributed by atoms with Crippen LogP contribution in [0.15, 0.2) is 12.7 Å². The van der Waals surface area contributed by atoms with Gasteiger partial charge in [0.1, 0.15) is 12.7 Å². The maximum atomic E-state index is 12.2. The SMILES string of the molecule is CC(C)CN1CCCN(C(=O)CCn2cncn2)CC1. The van der Waals surface area contributed by atoms with E-state index in [1.54, 1.807) is 11.0 Å². The van der Waals surface area contributed by atoms with Crippen molar-refractivity contribution >= 4 is 5.91 Å². The molecule has 1 saturated heterocycles. The van der Waals surface area contributed by atoms with Crippen molar-refractivity contribution in [3.8, 4) is 0 Å². The average Bonchev–Trinajstić information content (AvgIpc) is 2.82. The first kappa shape index (κ1) is 15.0. The molecule has 0 bridgehead atoms. The van der Waals surface area contributed by atoms with E-state index < -0.39 is 0 Å². The molecule has 112 valence electrons. The lowest BCUT2D eigenvalue weighted by molar-refractivity contribution is -0.131. The number of hydrogen-bond donors (Lipinski definition) is 0. The van der Waals surface area contributed by atoms with Crippen molar-refractivity contribution in [2.45, 2.75) is 33.2 Å². The van der Waals surface area contributed by atoms with Gasteiger partial charge in [-0.15, -0.1) is 0 Å². The van der Waals surface area contributed by atoms with Gasteiger partial charge in [0.05, 0.1) is 6.54 Å². The second-order valence-corrected chi connectivity index (χ2v) is 5.84. The summed E-state index contributed by atoms with van der Waals surface area (Å²) in [5.41, 5.74) is 0. The third-order valence-electron chi connectivity index (χ3n) is 3.59. The highest BCUT2D eigenvalue weighted by Crippen LogP contribution is 2.07. The number of aryl methyl sites for hydroxylation is 1. The van der Waals surface area contributed by atoms with Crippen molar-refractivity contribution < 1.29 is 4.79 Å². The summed E-state index contributed by atoms with van der Waals surface area (Å²) in [7, 11) is 0. The van der Waals surface area contributed by atoms with Gasteiger partial charge in [-0.3, -0.25) is 9.48 Å². The summed E-state index contributed by atoms with van der Waals surface area (Å²) >= 11 is 0. The Kier molecular flexibility index (Phi) is 5.52. The second-order valence-electron chi connectivity index (χ2n) is 5.84. The summed E-state index contributed by atoms with van der Waals surface area (Å²) < 4.78 is 1.71. The van der Waals surface area contributed by atoms with E-state index in [1.807, 2.05) is 4.90 Å². The molecule has 0 aliphatic carbocycles. The Morgan fingerprint density at radius 3 is 2.80 bits per heavy atom. The molecule has 0 atom stereocenters. The lowest BCUT2D eigenvalue weighted by Crippen LogP contribution is -2.36. The van der Waals surface area contributed by atoms with Crippen molar-refractivity contribution in [2.75, 3.05) is 32.7 Å². The molecule has 2 rings (SSSR count). The van der Waals surface area contributed by atoms with Crippen LogP contribution in [0.3, 0.4) is 0 Å². The number of amides is 1. The molecule has 0 radical (unpaired) electrons. The second kappa shape index (κ2) is 7.38. The highest BCUT2D eigenvalue weighted by atomic mass is 16.2. The zero-order valence-electron chi connectivity index (χ0n) is 12.5. The minimum absolute atomic E-state index is 0.229. The van der Waals surface area contributed by atoms with Gasteiger partial charge in [-0.2, -0.15) is 5.10 Å². The minimum Gasteiger partial charge on any atom is -0.341 e. The Balaban J connectivity index is 1.76. The molecule has 20 heavy (non-hydrogen) atoms. The summed E-state index contributed by atoms with van der Waals surface area (Å²) in [4.78, 5) is 20.6. The molecule has 1 fully saturated rings. The number of hydrogen-bond acceptors (Lipinski definition) is 4. The Labute approximate surface area is 120 Å². The van der Waals surface area contributed by atoms with E-state index in [1.165, 1.54) is 6.33 Å². The first-order chi connectivity index (χ1) is 9.65. The molecule has 1 aliphatic heterocycles. The zero-order valence-corrected chi connectivity index (χ0v) is 12.5. The van der Waals surface area contributed by atoms with Crippen LogP contribution in [-0.4, -0.2) is 63.2 Å².